The van der Waals surface area contributed by atoms with Crippen molar-refractivity contribution < 1.29 is 4.74 Å². The number of aryl methyl sites for hydroxylation is 1. The van der Waals surface area contributed by atoms with Crippen LogP contribution in [0.2, 0.25) is 0 Å². The van der Waals surface area contributed by atoms with Gasteiger partial charge in [-0.1, -0.05) is 35.0 Å². The number of rotatable bonds is 4. The summed E-state index contributed by atoms with van der Waals surface area (Å²) in [4.78, 5) is 0. The summed E-state index contributed by atoms with van der Waals surface area (Å²) < 4.78 is 7.32. The summed E-state index contributed by atoms with van der Waals surface area (Å²) in [6.45, 7) is 6.29. The van der Waals surface area contributed by atoms with Crippen molar-refractivity contribution in [2.75, 3.05) is 13.2 Å². The lowest BCUT2D eigenvalue weighted by Gasteiger charge is -2.49. The Hall–Kier alpha value is -0.380. The Balaban J connectivity index is 1.81. The van der Waals surface area contributed by atoms with Crippen LogP contribution in [0.5, 0.6) is 0 Å². The fourth-order valence-corrected chi connectivity index (χ4v) is 4.25. The standard InChI is InChI=1S/C18H26BrNO/c1-3-20-17(14-6-5-13(2)16(19)11-14)15-7-10-21-18(12-15)8-4-9-18/h5-6,11,15,17,20H,3-4,7-10,12H2,1-2H3. The lowest BCUT2D eigenvalue weighted by atomic mass is 9.69. The topological polar surface area (TPSA) is 21.3 Å². The molecule has 1 aromatic rings. The van der Waals surface area contributed by atoms with Gasteiger partial charge in [-0.05, 0) is 68.7 Å². The number of hydrogen-bond donors (Lipinski definition) is 1. The Bertz CT molecular complexity index is 498. The van der Waals surface area contributed by atoms with Crippen molar-refractivity contribution >= 4 is 15.9 Å². The fourth-order valence-electron chi connectivity index (χ4n) is 3.85. The molecule has 1 N–H and O–H groups in total. The maximum Gasteiger partial charge on any atom is 0.0686 e. The van der Waals surface area contributed by atoms with Crippen molar-refractivity contribution in [1.82, 2.24) is 5.32 Å². The van der Waals surface area contributed by atoms with Crippen molar-refractivity contribution in [3.05, 3.63) is 33.8 Å². The molecule has 3 rings (SSSR count). The molecule has 2 atom stereocenters. The quantitative estimate of drug-likeness (QED) is 0.844. The maximum atomic E-state index is 6.10. The second-order valence-electron chi connectivity index (χ2n) is 6.68. The highest BCUT2D eigenvalue weighted by molar-refractivity contribution is 9.10. The van der Waals surface area contributed by atoms with E-state index in [4.69, 9.17) is 4.74 Å². The molecule has 0 bridgehead atoms. The molecule has 1 saturated heterocycles. The van der Waals surface area contributed by atoms with Crippen molar-refractivity contribution in [3.63, 3.8) is 0 Å². The van der Waals surface area contributed by atoms with Gasteiger partial charge in [0.2, 0.25) is 0 Å². The summed E-state index contributed by atoms with van der Waals surface area (Å²) in [6, 6.07) is 7.26. The third kappa shape index (κ3) is 3.20. The van der Waals surface area contributed by atoms with Gasteiger partial charge in [0.25, 0.3) is 0 Å². The number of hydrogen-bond acceptors (Lipinski definition) is 2. The molecule has 0 radical (unpaired) electrons. The molecule has 1 spiro atoms. The number of halogens is 1. The van der Waals surface area contributed by atoms with Gasteiger partial charge in [0.15, 0.2) is 0 Å². The molecule has 21 heavy (non-hydrogen) atoms. The SMILES string of the molecule is CCNC(c1ccc(C)c(Br)c1)C1CCOC2(CCC2)C1. The molecule has 1 aliphatic carbocycles. The van der Waals surface area contributed by atoms with Gasteiger partial charge >= 0.3 is 0 Å². The monoisotopic (exact) mass is 351 g/mol. The van der Waals surface area contributed by atoms with Gasteiger partial charge in [0.05, 0.1) is 5.60 Å². The molecule has 2 nitrogen and oxygen atoms in total. The molecule has 0 aromatic heterocycles. The highest BCUT2D eigenvalue weighted by atomic mass is 79.9. The lowest BCUT2D eigenvalue weighted by molar-refractivity contribution is -0.147. The van der Waals surface area contributed by atoms with Crippen LogP contribution in [0, 0.1) is 12.8 Å². The first kappa shape index (κ1) is 15.5. The van der Waals surface area contributed by atoms with Crippen LogP contribution in [0.1, 0.15) is 56.2 Å². The van der Waals surface area contributed by atoms with Gasteiger partial charge in [-0.15, -0.1) is 0 Å². The van der Waals surface area contributed by atoms with Crippen LogP contribution in [0.4, 0.5) is 0 Å². The second kappa shape index (κ2) is 6.39. The van der Waals surface area contributed by atoms with Crippen LogP contribution in [0.15, 0.2) is 22.7 Å². The maximum absolute atomic E-state index is 6.10. The Kier molecular flexibility index (Phi) is 4.72. The van der Waals surface area contributed by atoms with Crippen molar-refractivity contribution in [2.24, 2.45) is 5.92 Å². The Morgan fingerprint density at radius 1 is 1.43 bits per heavy atom. The van der Waals surface area contributed by atoms with Crippen LogP contribution >= 0.6 is 15.9 Å². The number of nitrogens with one attached hydrogen (secondary N) is 1. The predicted octanol–water partition coefficient (Wildman–Crippen LogP) is 4.76. The van der Waals surface area contributed by atoms with Crippen LogP contribution in [-0.2, 0) is 4.74 Å². The molecule has 3 heteroatoms. The average molecular weight is 352 g/mol. The first-order valence-electron chi connectivity index (χ1n) is 8.27. The van der Waals surface area contributed by atoms with E-state index in [2.05, 4.69) is 53.3 Å². The zero-order valence-corrected chi connectivity index (χ0v) is 14.7. The van der Waals surface area contributed by atoms with Crippen molar-refractivity contribution in [1.29, 1.82) is 0 Å². The van der Waals surface area contributed by atoms with Crippen LogP contribution in [-0.4, -0.2) is 18.8 Å². The first-order chi connectivity index (χ1) is 10.1. The van der Waals surface area contributed by atoms with E-state index in [0.29, 0.717) is 12.0 Å². The molecule has 2 fully saturated rings. The van der Waals surface area contributed by atoms with E-state index in [0.717, 1.165) is 13.2 Å². The molecule has 0 amide bonds. The van der Waals surface area contributed by atoms with E-state index in [9.17, 15) is 0 Å². The highest BCUT2D eigenvalue weighted by Gasteiger charge is 2.44. The fraction of sp³-hybridized carbons (Fsp3) is 0.667. The lowest BCUT2D eigenvalue weighted by Crippen LogP contribution is -2.48. The summed E-state index contributed by atoms with van der Waals surface area (Å²) >= 11 is 3.68. The summed E-state index contributed by atoms with van der Waals surface area (Å²) in [5, 5.41) is 3.72. The Morgan fingerprint density at radius 3 is 2.86 bits per heavy atom. The smallest absolute Gasteiger partial charge is 0.0686 e. The summed E-state index contributed by atoms with van der Waals surface area (Å²) in [5.41, 5.74) is 2.94. The van der Waals surface area contributed by atoms with E-state index < -0.39 is 0 Å². The largest absolute Gasteiger partial charge is 0.375 e. The van der Waals surface area contributed by atoms with Crippen LogP contribution in [0.3, 0.4) is 0 Å². The number of benzene rings is 1. The minimum absolute atomic E-state index is 0.221. The predicted molar refractivity (Wildman–Crippen MR) is 90.6 cm³/mol. The first-order valence-corrected chi connectivity index (χ1v) is 9.06. The average Bonchev–Trinajstić information content (AvgIpc) is 2.46. The molecule has 2 aliphatic rings. The molecule has 1 heterocycles. The van der Waals surface area contributed by atoms with Gasteiger partial charge < -0.3 is 10.1 Å². The summed E-state index contributed by atoms with van der Waals surface area (Å²) in [6.07, 6.45) is 6.26. The zero-order valence-electron chi connectivity index (χ0n) is 13.1. The van der Waals surface area contributed by atoms with Gasteiger partial charge in [-0.2, -0.15) is 0 Å². The third-order valence-electron chi connectivity index (χ3n) is 5.25. The van der Waals surface area contributed by atoms with E-state index in [1.54, 1.807) is 0 Å². The van der Waals surface area contributed by atoms with Crippen LogP contribution in [0.25, 0.3) is 0 Å². The minimum atomic E-state index is 0.221. The van der Waals surface area contributed by atoms with E-state index in [-0.39, 0.29) is 5.60 Å². The summed E-state index contributed by atoms with van der Waals surface area (Å²) in [5.74, 6) is 0.689. The van der Waals surface area contributed by atoms with Crippen molar-refractivity contribution in [3.8, 4) is 0 Å². The van der Waals surface area contributed by atoms with Gasteiger partial charge in [0, 0.05) is 17.1 Å². The zero-order chi connectivity index (χ0) is 14.9. The van der Waals surface area contributed by atoms with E-state index >= 15 is 0 Å². The van der Waals surface area contributed by atoms with Gasteiger partial charge in [0.1, 0.15) is 0 Å². The van der Waals surface area contributed by atoms with E-state index in [1.807, 2.05) is 0 Å². The minimum Gasteiger partial charge on any atom is -0.375 e. The molecular weight excluding hydrogens is 326 g/mol. The van der Waals surface area contributed by atoms with Crippen LogP contribution < -0.4 is 5.32 Å². The molecule has 1 aromatic carbocycles. The third-order valence-corrected chi connectivity index (χ3v) is 6.10. The molecule has 1 saturated carbocycles. The molecule has 2 unspecified atom stereocenters. The van der Waals surface area contributed by atoms with Gasteiger partial charge in [-0.25, -0.2) is 0 Å². The molecule has 116 valence electrons. The number of ether oxygens (including phenoxy) is 1. The Labute approximate surface area is 136 Å². The van der Waals surface area contributed by atoms with E-state index in [1.165, 1.54) is 47.7 Å². The molecule has 1 aliphatic heterocycles. The normalized spacial score (nSPS) is 25.6. The Morgan fingerprint density at radius 2 is 2.24 bits per heavy atom. The second-order valence-corrected chi connectivity index (χ2v) is 7.54. The van der Waals surface area contributed by atoms with Gasteiger partial charge in [-0.3, -0.25) is 0 Å². The van der Waals surface area contributed by atoms with Crippen molar-refractivity contribution in [2.45, 2.75) is 57.6 Å². The highest BCUT2D eigenvalue weighted by Crippen LogP contribution is 2.47. The molecular formula is C18H26BrNO. The summed E-state index contributed by atoms with van der Waals surface area (Å²) in [7, 11) is 0.